The van der Waals surface area contributed by atoms with Gasteiger partial charge in [0.2, 0.25) is 0 Å². The topological polar surface area (TPSA) is 3.24 Å². The Kier molecular flexibility index (Phi) is 5.98. The van der Waals surface area contributed by atoms with Crippen molar-refractivity contribution < 1.29 is 0 Å². The molecule has 2 aromatic heterocycles. The van der Waals surface area contributed by atoms with Gasteiger partial charge in [-0.3, -0.25) is 0 Å². The van der Waals surface area contributed by atoms with Crippen LogP contribution in [0.25, 0.3) is 73.0 Å². The molecule has 8 aromatic carbocycles. The molecule has 1 nitrogen and oxygen atoms in total. The summed E-state index contributed by atoms with van der Waals surface area (Å²) in [6.45, 7) is 0. The summed E-state index contributed by atoms with van der Waals surface area (Å²) in [5.74, 6) is 0. The van der Waals surface area contributed by atoms with E-state index >= 15 is 0 Å². The summed E-state index contributed by atoms with van der Waals surface area (Å²) in [6.07, 6.45) is 0. The Morgan fingerprint density at radius 3 is 1.87 bits per heavy atom. The summed E-state index contributed by atoms with van der Waals surface area (Å²) in [4.78, 5) is 2.40. The quantitative estimate of drug-likeness (QED) is 0.186. The van der Waals surface area contributed by atoms with Crippen molar-refractivity contribution in [2.75, 3.05) is 4.90 Å². The van der Waals surface area contributed by atoms with Crippen LogP contribution in [0.15, 0.2) is 164 Å². The van der Waals surface area contributed by atoms with Crippen molar-refractivity contribution >= 4 is 102 Å². The van der Waals surface area contributed by atoms with Crippen LogP contribution < -0.4 is 4.90 Å². The Morgan fingerprint density at radius 1 is 0.362 bits per heavy atom. The van der Waals surface area contributed by atoms with Gasteiger partial charge in [0.1, 0.15) is 0 Å². The van der Waals surface area contributed by atoms with Gasteiger partial charge in [0.25, 0.3) is 0 Å². The fourth-order valence-corrected chi connectivity index (χ4v) is 9.64. The normalized spacial score (nSPS) is 11.8. The maximum atomic E-state index is 2.41. The van der Waals surface area contributed by atoms with E-state index < -0.39 is 0 Å². The number of anilines is 3. The van der Waals surface area contributed by atoms with Crippen LogP contribution in [0.5, 0.6) is 0 Å². The first-order valence-corrected chi connectivity index (χ1v) is 17.6. The van der Waals surface area contributed by atoms with E-state index in [-0.39, 0.29) is 0 Å². The largest absolute Gasteiger partial charge is 0.310 e. The third kappa shape index (κ3) is 4.21. The van der Waals surface area contributed by atoms with Crippen LogP contribution in [0.2, 0.25) is 0 Å². The first-order valence-electron chi connectivity index (χ1n) is 15.9. The molecular weight excluding hydrogens is 607 g/mol. The Morgan fingerprint density at radius 2 is 1.00 bits per heavy atom. The molecule has 0 aliphatic rings. The standard InChI is InChI=1S/C44H27NS2/c1-2-14-31(15-3-1)45(32-16-8-13-30(26-32)35-19-9-12-28-10-4-6-17-34(28)35)33-21-23-39-38(27-33)43-40(46-39)24-25-41-42(43)37-22-20-29-11-5-7-18-36(29)44(37)47-41/h1-27H. The smallest absolute Gasteiger partial charge is 0.0468 e. The highest BCUT2D eigenvalue weighted by molar-refractivity contribution is 7.28. The minimum Gasteiger partial charge on any atom is -0.310 e. The number of benzene rings is 8. The highest BCUT2D eigenvalue weighted by Crippen LogP contribution is 2.48. The summed E-state index contributed by atoms with van der Waals surface area (Å²) in [7, 11) is 0. The fraction of sp³-hybridized carbons (Fsp3) is 0. The average molecular weight is 634 g/mol. The van der Waals surface area contributed by atoms with Gasteiger partial charge in [-0.05, 0) is 87.3 Å². The second-order valence-electron chi connectivity index (χ2n) is 12.1. The van der Waals surface area contributed by atoms with Crippen LogP contribution in [0.3, 0.4) is 0 Å². The fourth-order valence-electron chi connectivity index (χ4n) is 7.30. The zero-order chi connectivity index (χ0) is 30.9. The lowest BCUT2D eigenvalue weighted by Crippen LogP contribution is -2.09. The zero-order valence-corrected chi connectivity index (χ0v) is 27.0. The summed E-state index contributed by atoms with van der Waals surface area (Å²) in [5.41, 5.74) is 5.88. The second-order valence-corrected chi connectivity index (χ2v) is 14.2. The van der Waals surface area contributed by atoms with E-state index in [0.717, 1.165) is 17.1 Å². The van der Waals surface area contributed by atoms with Crippen molar-refractivity contribution in [2.45, 2.75) is 0 Å². The lowest BCUT2D eigenvalue weighted by atomic mass is 9.97. The number of fused-ring (bicyclic) bond motifs is 10. The van der Waals surface area contributed by atoms with E-state index in [9.17, 15) is 0 Å². The number of hydrogen-bond acceptors (Lipinski definition) is 3. The number of para-hydroxylation sites is 1. The molecule has 0 N–H and O–H groups in total. The van der Waals surface area contributed by atoms with Crippen LogP contribution in [-0.4, -0.2) is 0 Å². The molecule has 0 amide bonds. The Balaban J connectivity index is 1.21. The first kappa shape index (κ1) is 26.7. The minimum atomic E-state index is 1.14. The Hall–Kier alpha value is -5.48. The minimum absolute atomic E-state index is 1.14. The van der Waals surface area contributed by atoms with E-state index in [4.69, 9.17) is 0 Å². The molecule has 47 heavy (non-hydrogen) atoms. The van der Waals surface area contributed by atoms with Crippen LogP contribution in [0, 0.1) is 0 Å². The maximum absolute atomic E-state index is 2.41. The number of thiophene rings is 2. The maximum Gasteiger partial charge on any atom is 0.0468 e. The molecular formula is C44H27NS2. The van der Waals surface area contributed by atoms with Crippen molar-refractivity contribution in [2.24, 2.45) is 0 Å². The zero-order valence-electron chi connectivity index (χ0n) is 25.4. The van der Waals surface area contributed by atoms with Crippen molar-refractivity contribution in [3.8, 4) is 11.1 Å². The van der Waals surface area contributed by atoms with Gasteiger partial charge in [-0.1, -0.05) is 109 Å². The summed E-state index contributed by atoms with van der Waals surface area (Å²) < 4.78 is 5.37. The van der Waals surface area contributed by atoms with E-state index in [1.54, 1.807) is 0 Å². The van der Waals surface area contributed by atoms with Gasteiger partial charge in [-0.25, -0.2) is 0 Å². The summed E-state index contributed by atoms with van der Waals surface area (Å²) in [6, 6.07) is 60.0. The second kappa shape index (κ2) is 10.5. The molecule has 0 radical (unpaired) electrons. The van der Waals surface area contributed by atoms with Crippen molar-refractivity contribution in [3.05, 3.63) is 164 Å². The van der Waals surface area contributed by atoms with Gasteiger partial charge in [0.15, 0.2) is 0 Å². The molecule has 2 heterocycles. The monoisotopic (exact) mass is 633 g/mol. The molecule has 10 aromatic rings. The molecule has 3 heteroatoms. The number of nitrogens with zero attached hydrogens (tertiary/aromatic N) is 1. The molecule has 0 bridgehead atoms. The lowest BCUT2D eigenvalue weighted by molar-refractivity contribution is 1.29. The SMILES string of the molecule is c1ccc(N(c2cccc(-c3cccc4ccccc34)c2)c2ccc3sc4ccc5sc6c7ccccc7ccc6c5c4c3c2)cc1. The van der Waals surface area contributed by atoms with Gasteiger partial charge in [0, 0.05) is 57.4 Å². The average Bonchev–Trinajstić information content (AvgIpc) is 3.70. The number of hydrogen-bond donors (Lipinski definition) is 0. The molecule has 0 aliphatic carbocycles. The number of rotatable bonds is 4. The first-order chi connectivity index (χ1) is 23.3. The van der Waals surface area contributed by atoms with Crippen LogP contribution in [0.4, 0.5) is 17.1 Å². The van der Waals surface area contributed by atoms with Crippen LogP contribution in [0.1, 0.15) is 0 Å². The summed E-state index contributed by atoms with van der Waals surface area (Å²) >= 11 is 3.81. The Labute approximate surface area is 280 Å². The highest BCUT2D eigenvalue weighted by atomic mass is 32.1. The highest BCUT2D eigenvalue weighted by Gasteiger charge is 2.19. The molecule has 0 saturated heterocycles. The van der Waals surface area contributed by atoms with Crippen molar-refractivity contribution in [3.63, 3.8) is 0 Å². The van der Waals surface area contributed by atoms with Crippen molar-refractivity contribution in [1.29, 1.82) is 0 Å². The molecule has 10 rings (SSSR count). The van der Waals surface area contributed by atoms with Gasteiger partial charge in [-0.2, -0.15) is 0 Å². The molecule has 0 saturated carbocycles. The van der Waals surface area contributed by atoms with Gasteiger partial charge in [-0.15, -0.1) is 22.7 Å². The predicted octanol–water partition coefficient (Wildman–Crippen LogP) is 13.9. The molecule has 0 unspecified atom stereocenters. The third-order valence-electron chi connectivity index (χ3n) is 9.42. The van der Waals surface area contributed by atoms with Crippen molar-refractivity contribution in [1.82, 2.24) is 0 Å². The third-order valence-corrected chi connectivity index (χ3v) is 11.8. The van der Waals surface area contributed by atoms with Gasteiger partial charge >= 0.3 is 0 Å². The van der Waals surface area contributed by atoms with Gasteiger partial charge < -0.3 is 4.90 Å². The van der Waals surface area contributed by atoms with E-state index in [1.807, 2.05) is 22.7 Å². The van der Waals surface area contributed by atoms with Crippen LogP contribution >= 0.6 is 22.7 Å². The Bertz CT molecular complexity index is 2800. The summed E-state index contributed by atoms with van der Waals surface area (Å²) in [5, 5.41) is 10.6. The lowest BCUT2D eigenvalue weighted by Gasteiger charge is -2.26. The molecule has 0 spiro atoms. The molecule has 0 atom stereocenters. The van der Waals surface area contributed by atoms with E-state index in [1.165, 1.54) is 73.0 Å². The predicted molar refractivity (Wildman–Crippen MR) is 207 cm³/mol. The van der Waals surface area contributed by atoms with Crippen LogP contribution in [-0.2, 0) is 0 Å². The van der Waals surface area contributed by atoms with Gasteiger partial charge in [0.05, 0.1) is 0 Å². The molecule has 0 fully saturated rings. The molecule has 220 valence electrons. The van der Waals surface area contributed by atoms with E-state index in [2.05, 4.69) is 169 Å². The van der Waals surface area contributed by atoms with E-state index in [0.29, 0.717) is 0 Å². The molecule has 0 aliphatic heterocycles.